The molecule has 1 aliphatic rings. The van der Waals surface area contributed by atoms with Crippen molar-refractivity contribution in [2.45, 2.75) is 24.8 Å². The Morgan fingerprint density at radius 3 is 2.77 bits per heavy atom. The topological polar surface area (TPSA) is 68.0 Å². The summed E-state index contributed by atoms with van der Waals surface area (Å²) in [6.45, 7) is 0.508. The number of nitrogens with one attached hydrogen (secondary N) is 1. The van der Waals surface area contributed by atoms with Crippen molar-refractivity contribution in [3.05, 3.63) is 51.7 Å². The van der Waals surface area contributed by atoms with Crippen molar-refractivity contribution in [1.29, 1.82) is 0 Å². The van der Waals surface area contributed by atoms with Crippen LogP contribution in [0.3, 0.4) is 0 Å². The molecule has 0 aliphatic heterocycles. The Morgan fingerprint density at radius 1 is 1.41 bits per heavy atom. The molecule has 0 unspecified atom stereocenters. The molecule has 1 aromatic heterocycles. The molecule has 0 bridgehead atoms. The lowest BCUT2D eigenvalue weighted by atomic mass is 10.0. The first kappa shape index (κ1) is 16.9. The second kappa shape index (κ2) is 6.73. The van der Waals surface area contributed by atoms with Crippen LogP contribution in [0.15, 0.2) is 29.6 Å². The number of carbonyl (C=O) groups is 1. The Balaban J connectivity index is 0.00000176. The van der Waals surface area contributed by atoms with Crippen LogP contribution >= 0.6 is 23.7 Å². The van der Waals surface area contributed by atoms with E-state index in [0.717, 1.165) is 17.8 Å². The number of benzene rings is 1. The number of thiazole rings is 1. The van der Waals surface area contributed by atoms with Gasteiger partial charge < -0.3 is 11.1 Å². The quantitative estimate of drug-likeness (QED) is 0.878. The molecule has 1 aliphatic carbocycles. The van der Waals surface area contributed by atoms with Crippen molar-refractivity contribution in [2.24, 2.45) is 5.73 Å². The lowest BCUT2D eigenvalue weighted by molar-refractivity contribution is 0.0925. The van der Waals surface area contributed by atoms with Crippen LogP contribution in [-0.4, -0.2) is 17.4 Å². The zero-order chi connectivity index (χ0) is 14.9. The van der Waals surface area contributed by atoms with Crippen molar-refractivity contribution >= 4 is 29.7 Å². The van der Waals surface area contributed by atoms with Gasteiger partial charge in [0.2, 0.25) is 0 Å². The summed E-state index contributed by atoms with van der Waals surface area (Å²) in [5.74, 6) is -0.535. The monoisotopic (exact) mass is 341 g/mol. The largest absolute Gasteiger partial charge is 0.341 e. The number of rotatable bonds is 5. The first-order valence-corrected chi connectivity index (χ1v) is 7.74. The smallest absolute Gasteiger partial charge is 0.271 e. The Hall–Kier alpha value is -1.50. The van der Waals surface area contributed by atoms with Gasteiger partial charge in [0.05, 0.1) is 10.5 Å². The minimum absolute atomic E-state index is 0. The van der Waals surface area contributed by atoms with Crippen LogP contribution in [0.25, 0.3) is 0 Å². The lowest BCUT2D eigenvalue weighted by Gasteiger charge is -2.17. The molecule has 0 spiro atoms. The lowest BCUT2D eigenvalue weighted by Crippen LogP contribution is -2.35. The van der Waals surface area contributed by atoms with Crippen molar-refractivity contribution in [1.82, 2.24) is 10.3 Å². The number of amides is 1. The Kier molecular flexibility index (Phi) is 5.16. The van der Waals surface area contributed by atoms with E-state index in [-0.39, 0.29) is 24.1 Å². The summed E-state index contributed by atoms with van der Waals surface area (Å²) < 4.78 is 13.9. The number of halogens is 2. The highest BCUT2D eigenvalue weighted by Gasteiger charge is 2.47. The number of hydrogen-bond donors (Lipinski definition) is 2. The summed E-state index contributed by atoms with van der Waals surface area (Å²) in [7, 11) is 0. The SMILES string of the molecule is Cl.NCCc1nc(C(=O)NC2(c3ccccc3F)CC2)cs1. The second-order valence-electron chi connectivity index (χ2n) is 5.18. The Morgan fingerprint density at radius 2 is 2.14 bits per heavy atom. The van der Waals surface area contributed by atoms with Gasteiger partial charge in [-0.15, -0.1) is 23.7 Å². The van der Waals surface area contributed by atoms with Gasteiger partial charge in [0.1, 0.15) is 11.5 Å². The van der Waals surface area contributed by atoms with Crippen LogP contribution in [0, 0.1) is 5.82 Å². The maximum atomic E-state index is 13.9. The van der Waals surface area contributed by atoms with Crippen molar-refractivity contribution in [3.63, 3.8) is 0 Å². The molecular weight excluding hydrogens is 325 g/mol. The molecule has 1 heterocycles. The highest BCUT2D eigenvalue weighted by atomic mass is 35.5. The van der Waals surface area contributed by atoms with Crippen LogP contribution in [0.5, 0.6) is 0 Å². The molecule has 1 fully saturated rings. The summed E-state index contributed by atoms with van der Waals surface area (Å²) in [5.41, 5.74) is 5.84. The van der Waals surface area contributed by atoms with E-state index < -0.39 is 5.54 Å². The molecule has 1 saturated carbocycles. The fourth-order valence-corrected chi connectivity index (χ4v) is 3.16. The van der Waals surface area contributed by atoms with Gasteiger partial charge in [-0.1, -0.05) is 18.2 Å². The molecule has 1 aromatic carbocycles. The number of nitrogens with zero attached hydrogens (tertiary/aromatic N) is 1. The number of carbonyl (C=O) groups excluding carboxylic acids is 1. The Bertz CT molecular complexity index is 672. The van der Waals surface area contributed by atoms with E-state index in [2.05, 4.69) is 10.3 Å². The highest BCUT2D eigenvalue weighted by Crippen LogP contribution is 2.46. The van der Waals surface area contributed by atoms with Gasteiger partial charge in [-0.3, -0.25) is 4.79 Å². The Labute approximate surface area is 138 Å². The van der Waals surface area contributed by atoms with Crippen LogP contribution in [0.4, 0.5) is 4.39 Å². The summed E-state index contributed by atoms with van der Waals surface area (Å²) in [6.07, 6.45) is 2.16. The molecule has 1 amide bonds. The molecule has 4 nitrogen and oxygen atoms in total. The van der Waals surface area contributed by atoms with Gasteiger partial charge >= 0.3 is 0 Å². The molecule has 7 heteroatoms. The number of aromatic nitrogens is 1. The van der Waals surface area contributed by atoms with E-state index in [9.17, 15) is 9.18 Å². The zero-order valence-electron chi connectivity index (χ0n) is 11.8. The van der Waals surface area contributed by atoms with Crippen LogP contribution < -0.4 is 11.1 Å². The molecule has 3 rings (SSSR count). The fourth-order valence-electron chi connectivity index (χ4n) is 2.37. The molecule has 118 valence electrons. The normalized spacial score (nSPS) is 15.0. The summed E-state index contributed by atoms with van der Waals surface area (Å²) >= 11 is 1.42. The molecule has 22 heavy (non-hydrogen) atoms. The van der Waals surface area contributed by atoms with E-state index >= 15 is 0 Å². The second-order valence-corrected chi connectivity index (χ2v) is 6.12. The van der Waals surface area contributed by atoms with Gasteiger partial charge in [-0.25, -0.2) is 9.37 Å². The predicted octanol–water partition coefficient (Wildman–Crippen LogP) is 2.62. The van der Waals surface area contributed by atoms with E-state index in [1.807, 2.05) is 0 Å². The maximum Gasteiger partial charge on any atom is 0.271 e. The van der Waals surface area contributed by atoms with E-state index in [1.165, 1.54) is 17.4 Å². The summed E-state index contributed by atoms with van der Waals surface area (Å²) in [4.78, 5) is 16.5. The summed E-state index contributed by atoms with van der Waals surface area (Å²) in [6, 6.07) is 6.58. The minimum atomic E-state index is -0.569. The van der Waals surface area contributed by atoms with Gasteiger partial charge in [-0.05, 0) is 25.5 Å². The molecular formula is C15H17ClFN3OS. The van der Waals surface area contributed by atoms with Crippen molar-refractivity contribution in [2.75, 3.05) is 6.54 Å². The van der Waals surface area contributed by atoms with E-state index in [0.29, 0.717) is 24.2 Å². The molecule has 3 N–H and O–H groups in total. The standard InChI is InChI=1S/C15H16FN3OS.ClH/c16-11-4-2-1-3-10(11)15(6-7-15)19-14(20)12-9-21-13(18-12)5-8-17;/h1-4,9H,5-8,17H2,(H,19,20);1H. The third-order valence-electron chi connectivity index (χ3n) is 3.63. The average Bonchev–Trinajstić information content (AvgIpc) is 3.08. The van der Waals surface area contributed by atoms with Crippen molar-refractivity contribution in [3.8, 4) is 0 Å². The van der Waals surface area contributed by atoms with Crippen LogP contribution in [-0.2, 0) is 12.0 Å². The first-order chi connectivity index (χ1) is 10.1. The molecule has 0 radical (unpaired) electrons. The fraction of sp³-hybridized carbons (Fsp3) is 0.333. The van der Waals surface area contributed by atoms with E-state index in [4.69, 9.17) is 5.73 Å². The minimum Gasteiger partial charge on any atom is -0.341 e. The predicted molar refractivity (Wildman–Crippen MR) is 86.9 cm³/mol. The van der Waals surface area contributed by atoms with Gasteiger partial charge in [0.25, 0.3) is 5.91 Å². The first-order valence-electron chi connectivity index (χ1n) is 6.87. The van der Waals surface area contributed by atoms with Crippen LogP contribution in [0.1, 0.15) is 33.9 Å². The van der Waals surface area contributed by atoms with Crippen LogP contribution in [0.2, 0.25) is 0 Å². The third kappa shape index (κ3) is 3.29. The maximum absolute atomic E-state index is 13.9. The highest BCUT2D eigenvalue weighted by molar-refractivity contribution is 7.09. The molecule has 0 atom stereocenters. The third-order valence-corrected chi connectivity index (χ3v) is 4.54. The van der Waals surface area contributed by atoms with Crippen molar-refractivity contribution < 1.29 is 9.18 Å². The van der Waals surface area contributed by atoms with Gasteiger partial charge in [0.15, 0.2) is 0 Å². The number of hydrogen-bond acceptors (Lipinski definition) is 4. The average molecular weight is 342 g/mol. The summed E-state index contributed by atoms with van der Waals surface area (Å²) in [5, 5.41) is 5.50. The number of nitrogens with two attached hydrogens (primary N) is 1. The molecule has 2 aromatic rings. The van der Waals surface area contributed by atoms with Gasteiger partial charge in [-0.2, -0.15) is 0 Å². The van der Waals surface area contributed by atoms with E-state index in [1.54, 1.807) is 23.6 Å². The zero-order valence-corrected chi connectivity index (χ0v) is 13.5. The van der Waals surface area contributed by atoms with Gasteiger partial charge in [0, 0.05) is 17.4 Å². The molecule has 0 saturated heterocycles.